The number of thiocarbonyl (C=S) groups is 1. The molecule has 0 spiro atoms. The van der Waals surface area contributed by atoms with Crippen LogP contribution in [0.4, 0.5) is 0 Å². The summed E-state index contributed by atoms with van der Waals surface area (Å²) in [6.07, 6.45) is 1.77. The van der Waals surface area contributed by atoms with Gasteiger partial charge in [0.1, 0.15) is 23.8 Å². The summed E-state index contributed by atoms with van der Waals surface area (Å²) in [6, 6.07) is 11.1. The van der Waals surface area contributed by atoms with E-state index in [1.807, 2.05) is 37.3 Å². The Morgan fingerprint density at radius 1 is 1.21 bits per heavy atom. The Hall–Kier alpha value is -3.26. The van der Waals surface area contributed by atoms with E-state index in [-0.39, 0.29) is 12.7 Å². The number of likely N-dealkylation sites (N-methyl/N-ethyl adjacent to an activating group) is 1. The number of carbonyl (C=O) groups excluding carboxylic acids is 1. The van der Waals surface area contributed by atoms with Crippen LogP contribution in [0.25, 0.3) is 6.08 Å². The molecule has 2 aromatic rings. The Balaban J connectivity index is 1.53. The quantitative estimate of drug-likeness (QED) is 0.578. The molecule has 8 heteroatoms. The van der Waals surface area contributed by atoms with Gasteiger partial charge in [-0.25, -0.2) is 0 Å². The molecule has 0 bridgehead atoms. The number of benzene rings is 2. The standard InChI is InChI=1S/C21H20N2O5S/c1-3-23-20(24)16(22-21(23)29)9-13-4-6-17(25-2)14(8-13)11-26-15-5-7-18-19(10-15)28-12-27-18/h4-10H,3,11-12H2,1-2H3,(H,22,29)/b16-9+. The fraction of sp³-hybridized carbons (Fsp3) is 0.238. The Kier molecular flexibility index (Phi) is 5.26. The van der Waals surface area contributed by atoms with Crippen molar-refractivity contribution < 1.29 is 23.7 Å². The van der Waals surface area contributed by atoms with Crippen LogP contribution in [-0.4, -0.2) is 36.4 Å². The lowest BCUT2D eigenvalue weighted by atomic mass is 10.1. The van der Waals surface area contributed by atoms with Crippen molar-refractivity contribution in [3.63, 3.8) is 0 Å². The van der Waals surface area contributed by atoms with E-state index in [1.165, 1.54) is 4.90 Å². The lowest BCUT2D eigenvalue weighted by Gasteiger charge is -2.12. The first-order valence-electron chi connectivity index (χ1n) is 9.13. The number of amides is 1. The van der Waals surface area contributed by atoms with Gasteiger partial charge in [0.05, 0.1) is 7.11 Å². The maximum Gasteiger partial charge on any atom is 0.276 e. The summed E-state index contributed by atoms with van der Waals surface area (Å²) in [5.41, 5.74) is 2.14. The van der Waals surface area contributed by atoms with E-state index in [0.717, 1.165) is 11.1 Å². The molecule has 0 aliphatic carbocycles. The summed E-state index contributed by atoms with van der Waals surface area (Å²) in [5.74, 6) is 2.60. The molecule has 2 aromatic carbocycles. The third-order valence-electron chi connectivity index (χ3n) is 4.63. The molecule has 29 heavy (non-hydrogen) atoms. The highest BCUT2D eigenvalue weighted by molar-refractivity contribution is 7.80. The lowest BCUT2D eigenvalue weighted by molar-refractivity contribution is -0.122. The molecule has 0 atom stereocenters. The number of nitrogens with one attached hydrogen (secondary N) is 1. The summed E-state index contributed by atoms with van der Waals surface area (Å²) >= 11 is 5.20. The van der Waals surface area contributed by atoms with Crippen LogP contribution in [0, 0.1) is 0 Å². The Morgan fingerprint density at radius 3 is 2.79 bits per heavy atom. The van der Waals surface area contributed by atoms with Gasteiger partial charge in [-0.1, -0.05) is 6.07 Å². The van der Waals surface area contributed by atoms with E-state index >= 15 is 0 Å². The van der Waals surface area contributed by atoms with Crippen molar-refractivity contribution in [2.24, 2.45) is 0 Å². The average Bonchev–Trinajstić information content (AvgIpc) is 3.30. The number of rotatable bonds is 6. The topological polar surface area (TPSA) is 69.3 Å². The van der Waals surface area contributed by atoms with Gasteiger partial charge in [0.15, 0.2) is 16.6 Å². The van der Waals surface area contributed by atoms with Crippen molar-refractivity contribution in [2.45, 2.75) is 13.5 Å². The van der Waals surface area contributed by atoms with E-state index in [9.17, 15) is 4.79 Å². The highest BCUT2D eigenvalue weighted by atomic mass is 32.1. The second kappa shape index (κ2) is 8.00. The van der Waals surface area contributed by atoms with Crippen molar-refractivity contribution in [1.82, 2.24) is 10.2 Å². The highest BCUT2D eigenvalue weighted by Gasteiger charge is 2.29. The van der Waals surface area contributed by atoms with Gasteiger partial charge in [0.2, 0.25) is 6.79 Å². The molecule has 0 saturated carbocycles. The van der Waals surface area contributed by atoms with Crippen LogP contribution in [-0.2, 0) is 11.4 Å². The average molecular weight is 412 g/mol. The van der Waals surface area contributed by atoms with Gasteiger partial charge in [0.25, 0.3) is 5.91 Å². The van der Waals surface area contributed by atoms with Crippen LogP contribution >= 0.6 is 12.2 Å². The number of nitrogens with zero attached hydrogens (tertiary/aromatic N) is 1. The minimum Gasteiger partial charge on any atom is -0.496 e. The van der Waals surface area contributed by atoms with Crippen molar-refractivity contribution >= 4 is 29.3 Å². The molecule has 0 aromatic heterocycles. The van der Waals surface area contributed by atoms with Gasteiger partial charge in [-0.15, -0.1) is 0 Å². The third-order valence-corrected chi connectivity index (χ3v) is 4.95. The molecule has 1 amide bonds. The highest BCUT2D eigenvalue weighted by Crippen LogP contribution is 2.35. The number of methoxy groups -OCH3 is 1. The summed E-state index contributed by atoms with van der Waals surface area (Å²) < 4.78 is 22.0. The molecule has 4 rings (SSSR count). The maximum atomic E-state index is 12.4. The van der Waals surface area contributed by atoms with E-state index in [2.05, 4.69) is 5.32 Å². The second-order valence-electron chi connectivity index (χ2n) is 6.41. The Labute approximate surface area is 173 Å². The number of fused-ring (bicyclic) bond motifs is 1. The predicted octanol–water partition coefficient (Wildman–Crippen LogP) is 3.08. The number of ether oxygens (including phenoxy) is 4. The largest absolute Gasteiger partial charge is 0.496 e. The Morgan fingerprint density at radius 2 is 2.03 bits per heavy atom. The first-order valence-corrected chi connectivity index (χ1v) is 9.53. The SMILES string of the molecule is CCN1C(=O)/C(=C\c2ccc(OC)c(COc3ccc4c(c3)OCO4)c2)NC1=S. The first-order chi connectivity index (χ1) is 14.1. The van der Waals surface area contributed by atoms with Crippen molar-refractivity contribution in [3.8, 4) is 23.0 Å². The number of carbonyl (C=O) groups is 1. The minimum atomic E-state index is -0.133. The van der Waals surface area contributed by atoms with Crippen LogP contribution < -0.4 is 24.3 Å². The second-order valence-corrected chi connectivity index (χ2v) is 6.80. The van der Waals surface area contributed by atoms with E-state index in [4.69, 9.17) is 31.2 Å². The predicted molar refractivity (Wildman–Crippen MR) is 111 cm³/mol. The fourth-order valence-electron chi connectivity index (χ4n) is 3.15. The molecule has 2 aliphatic heterocycles. The molecular weight excluding hydrogens is 392 g/mol. The van der Waals surface area contributed by atoms with Gasteiger partial charge in [-0.2, -0.15) is 0 Å². The fourth-order valence-corrected chi connectivity index (χ4v) is 3.48. The zero-order valence-corrected chi connectivity index (χ0v) is 16.9. The molecular formula is C21H20N2O5S. The van der Waals surface area contributed by atoms with E-state index in [0.29, 0.717) is 47.0 Å². The monoisotopic (exact) mass is 412 g/mol. The normalized spacial score (nSPS) is 16.3. The van der Waals surface area contributed by atoms with Gasteiger partial charge in [0, 0.05) is 18.2 Å². The van der Waals surface area contributed by atoms with Crippen LogP contribution in [0.3, 0.4) is 0 Å². The zero-order valence-electron chi connectivity index (χ0n) is 16.1. The van der Waals surface area contributed by atoms with Crippen LogP contribution in [0.15, 0.2) is 42.1 Å². The number of hydrogen-bond donors (Lipinski definition) is 1. The van der Waals surface area contributed by atoms with Crippen LogP contribution in [0.2, 0.25) is 0 Å². The lowest BCUT2D eigenvalue weighted by Crippen LogP contribution is -2.30. The summed E-state index contributed by atoms with van der Waals surface area (Å²) in [7, 11) is 1.61. The molecule has 2 aliphatic rings. The van der Waals surface area contributed by atoms with Crippen molar-refractivity contribution in [1.29, 1.82) is 0 Å². The molecule has 1 N–H and O–H groups in total. The molecule has 150 valence electrons. The van der Waals surface area contributed by atoms with Gasteiger partial charge >= 0.3 is 0 Å². The smallest absolute Gasteiger partial charge is 0.276 e. The first kappa shape index (κ1) is 19.1. The summed E-state index contributed by atoms with van der Waals surface area (Å²) in [6.45, 7) is 2.92. The maximum absolute atomic E-state index is 12.4. The molecule has 1 saturated heterocycles. The molecule has 0 radical (unpaired) electrons. The molecule has 2 heterocycles. The van der Waals surface area contributed by atoms with Crippen LogP contribution in [0.5, 0.6) is 23.0 Å². The Bertz CT molecular complexity index is 1000. The van der Waals surface area contributed by atoms with E-state index < -0.39 is 0 Å². The third kappa shape index (κ3) is 3.84. The van der Waals surface area contributed by atoms with Crippen LogP contribution in [0.1, 0.15) is 18.1 Å². The van der Waals surface area contributed by atoms with Gasteiger partial charge < -0.3 is 24.3 Å². The van der Waals surface area contributed by atoms with Gasteiger partial charge in [-0.05, 0) is 55.0 Å². The molecule has 1 fully saturated rings. The minimum absolute atomic E-state index is 0.133. The zero-order chi connectivity index (χ0) is 20.4. The summed E-state index contributed by atoms with van der Waals surface area (Å²) in [5, 5.41) is 3.38. The summed E-state index contributed by atoms with van der Waals surface area (Å²) in [4.78, 5) is 13.9. The molecule has 0 unspecified atom stereocenters. The van der Waals surface area contributed by atoms with E-state index in [1.54, 1.807) is 19.3 Å². The van der Waals surface area contributed by atoms with Crippen molar-refractivity contribution in [3.05, 3.63) is 53.2 Å². The van der Waals surface area contributed by atoms with Gasteiger partial charge in [-0.3, -0.25) is 9.69 Å². The van der Waals surface area contributed by atoms with Crippen molar-refractivity contribution in [2.75, 3.05) is 20.4 Å². The number of hydrogen-bond acceptors (Lipinski definition) is 6. The molecule has 7 nitrogen and oxygen atoms in total.